The number of anilines is 1. The number of carbonyl (C=O) groups excluding carboxylic acids is 2. The number of hydrogen-bond donors (Lipinski definition) is 1. The van der Waals surface area contributed by atoms with Crippen molar-refractivity contribution in [1.82, 2.24) is 4.57 Å². The standard InChI is InChI=1S/C19H16N2O4/c1-21-16-6-4-3-5-14(16)15(11-17(21)22)18(23)20-13-9-7-12(8-10-13)19(24)25-2/h3-11H,1-2H3,(H,20,23). The third-order valence-electron chi connectivity index (χ3n) is 3.96. The Kier molecular flexibility index (Phi) is 4.35. The van der Waals surface area contributed by atoms with Crippen LogP contribution in [0.3, 0.4) is 0 Å². The van der Waals surface area contributed by atoms with Gasteiger partial charge in [-0.15, -0.1) is 0 Å². The predicted octanol–water partition coefficient (Wildman–Crippen LogP) is 2.58. The first-order chi connectivity index (χ1) is 12.0. The van der Waals surface area contributed by atoms with Crippen molar-refractivity contribution in [2.24, 2.45) is 7.05 Å². The van der Waals surface area contributed by atoms with E-state index >= 15 is 0 Å². The zero-order valence-corrected chi connectivity index (χ0v) is 13.8. The molecule has 0 aliphatic rings. The molecule has 25 heavy (non-hydrogen) atoms. The average molecular weight is 336 g/mol. The van der Waals surface area contributed by atoms with Gasteiger partial charge in [0, 0.05) is 24.2 Å². The molecule has 0 bridgehead atoms. The van der Waals surface area contributed by atoms with Crippen molar-refractivity contribution in [2.45, 2.75) is 0 Å². The lowest BCUT2D eigenvalue weighted by atomic mass is 10.1. The Morgan fingerprint density at radius 2 is 1.72 bits per heavy atom. The maximum atomic E-state index is 12.6. The summed E-state index contributed by atoms with van der Waals surface area (Å²) in [5.74, 6) is -0.838. The van der Waals surface area contributed by atoms with Gasteiger partial charge in [-0.05, 0) is 30.3 Å². The molecule has 3 rings (SSSR count). The highest BCUT2D eigenvalue weighted by atomic mass is 16.5. The molecule has 0 unspecified atom stereocenters. The van der Waals surface area contributed by atoms with E-state index in [1.54, 1.807) is 43.4 Å². The highest BCUT2D eigenvalue weighted by molar-refractivity contribution is 6.12. The van der Waals surface area contributed by atoms with E-state index in [9.17, 15) is 14.4 Å². The molecule has 6 nitrogen and oxygen atoms in total. The van der Waals surface area contributed by atoms with Gasteiger partial charge in [0.15, 0.2) is 0 Å². The molecule has 0 fully saturated rings. The van der Waals surface area contributed by atoms with E-state index in [4.69, 9.17) is 0 Å². The molecule has 6 heteroatoms. The first-order valence-corrected chi connectivity index (χ1v) is 7.60. The number of fused-ring (bicyclic) bond motifs is 1. The molecule has 0 aliphatic carbocycles. The van der Waals surface area contributed by atoms with Gasteiger partial charge in [-0.3, -0.25) is 9.59 Å². The average Bonchev–Trinajstić information content (AvgIpc) is 2.64. The molecule has 1 aromatic heterocycles. The number of methoxy groups -OCH3 is 1. The number of nitrogens with one attached hydrogen (secondary N) is 1. The SMILES string of the molecule is COC(=O)c1ccc(NC(=O)c2cc(=O)n(C)c3ccccc23)cc1. The maximum absolute atomic E-state index is 12.6. The van der Waals surface area contributed by atoms with Crippen molar-refractivity contribution < 1.29 is 14.3 Å². The topological polar surface area (TPSA) is 77.4 Å². The van der Waals surface area contributed by atoms with Gasteiger partial charge < -0.3 is 14.6 Å². The predicted molar refractivity (Wildman–Crippen MR) is 94.9 cm³/mol. The van der Waals surface area contributed by atoms with E-state index in [1.807, 2.05) is 12.1 Å². The minimum absolute atomic E-state index is 0.259. The second-order valence-electron chi connectivity index (χ2n) is 5.50. The minimum atomic E-state index is -0.449. The third-order valence-corrected chi connectivity index (χ3v) is 3.96. The first kappa shape index (κ1) is 16.4. The zero-order chi connectivity index (χ0) is 18.0. The Labute approximate surface area is 143 Å². The largest absolute Gasteiger partial charge is 0.465 e. The summed E-state index contributed by atoms with van der Waals surface area (Å²) >= 11 is 0. The first-order valence-electron chi connectivity index (χ1n) is 7.60. The highest BCUT2D eigenvalue weighted by Crippen LogP contribution is 2.18. The molecule has 0 atom stereocenters. The van der Waals surface area contributed by atoms with Crippen molar-refractivity contribution in [2.75, 3.05) is 12.4 Å². The molecule has 0 saturated heterocycles. The van der Waals surface area contributed by atoms with Crippen LogP contribution in [-0.4, -0.2) is 23.6 Å². The van der Waals surface area contributed by atoms with Crippen molar-refractivity contribution in [3.8, 4) is 0 Å². The van der Waals surface area contributed by atoms with Crippen LogP contribution in [0.2, 0.25) is 0 Å². The highest BCUT2D eigenvalue weighted by Gasteiger charge is 2.14. The fourth-order valence-corrected chi connectivity index (χ4v) is 2.60. The van der Waals surface area contributed by atoms with E-state index < -0.39 is 5.97 Å². The van der Waals surface area contributed by atoms with E-state index in [2.05, 4.69) is 10.1 Å². The summed E-state index contributed by atoms with van der Waals surface area (Å²) in [6, 6.07) is 14.9. The fourth-order valence-electron chi connectivity index (χ4n) is 2.60. The Bertz CT molecular complexity index is 1020. The van der Waals surface area contributed by atoms with E-state index in [0.29, 0.717) is 27.7 Å². The van der Waals surface area contributed by atoms with E-state index in [-0.39, 0.29) is 11.5 Å². The van der Waals surface area contributed by atoms with Crippen LogP contribution >= 0.6 is 0 Å². The molecule has 0 spiro atoms. The summed E-state index contributed by atoms with van der Waals surface area (Å²) in [5, 5.41) is 3.43. The Morgan fingerprint density at radius 1 is 1.04 bits per heavy atom. The van der Waals surface area contributed by atoms with Crippen LogP contribution in [0.5, 0.6) is 0 Å². The van der Waals surface area contributed by atoms with Gasteiger partial charge in [-0.1, -0.05) is 18.2 Å². The number of nitrogens with zero attached hydrogens (tertiary/aromatic N) is 1. The van der Waals surface area contributed by atoms with Gasteiger partial charge in [0.1, 0.15) is 0 Å². The van der Waals surface area contributed by atoms with Crippen LogP contribution in [0.4, 0.5) is 5.69 Å². The fraction of sp³-hybridized carbons (Fsp3) is 0.105. The van der Waals surface area contributed by atoms with Crippen molar-refractivity contribution in [3.05, 3.63) is 76.1 Å². The molecule has 0 saturated carbocycles. The Morgan fingerprint density at radius 3 is 2.40 bits per heavy atom. The molecule has 126 valence electrons. The van der Waals surface area contributed by atoms with Gasteiger partial charge in [0.05, 0.1) is 23.8 Å². The number of amides is 1. The van der Waals surface area contributed by atoms with Gasteiger partial charge in [0.25, 0.3) is 11.5 Å². The molecule has 3 aromatic rings. The van der Waals surface area contributed by atoms with Gasteiger partial charge >= 0.3 is 5.97 Å². The molecule has 1 amide bonds. The van der Waals surface area contributed by atoms with Crippen molar-refractivity contribution in [1.29, 1.82) is 0 Å². The second-order valence-corrected chi connectivity index (χ2v) is 5.50. The lowest BCUT2D eigenvalue weighted by molar-refractivity contribution is 0.0600. The number of carbonyl (C=O) groups is 2. The Balaban J connectivity index is 1.94. The number of rotatable bonds is 3. The zero-order valence-electron chi connectivity index (χ0n) is 13.8. The number of benzene rings is 2. The van der Waals surface area contributed by atoms with Gasteiger partial charge in [-0.2, -0.15) is 0 Å². The van der Waals surface area contributed by atoms with Crippen molar-refractivity contribution >= 4 is 28.5 Å². The summed E-state index contributed by atoms with van der Waals surface area (Å²) in [6.45, 7) is 0. The second kappa shape index (κ2) is 6.60. The van der Waals surface area contributed by atoms with Crippen LogP contribution < -0.4 is 10.9 Å². The number of esters is 1. The number of ether oxygens (including phenoxy) is 1. The summed E-state index contributed by atoms with van der Waals surface area (Å²) in [6.07, 6.45) is 0. The summed E-state index contributed by atoms with van der Waals surface area (Å²) in [5.41, 5.74) is 1.63. The molecule has 1 N–H and O–H groups in total. The van der Waals surface area contributed by atoms with Crippen LogP contribution in [0.25, 0.3) is 10.9 Å². The molecule has 2 aromatic carbocycles. The van der Waals surface area contributed by atoms with Crippen LogP contribution in [0.15, 0.2) is 59.4 Å². The normalized spacial score (nSPS) is 10.5. The number of aromatic nitrogens is 1. The third kappa shape index (κ3) is 3.14. The van der Waals surface area contributed by atoms with Gasteiger partial charge in [-0.25, -0.2) is 4.79 Å². The quantitative estimate of drug-likeness (QED) is 0.746. The monoisotopic (exact) mass is 336 g/mol. The lowest BCUT2D eigenvalue weighted by Crippen LogP contribution is -2.21. The van der Waals surface area contributed by atoms with Crippen LogP contribution in [0.1, 0.15) is 20.7 Å². The molecule has 0 radical (unpaired) electrons. The van der Waals surface area contributed by atoms with Gasteiger partial charge in [0.2, 0.25) is 0 Å². The molecular formula is C19H16N2O4. The maximum Gasteiger partial charge on any atom is 0.337 e. The van der Waals surface area contributed by atoms with Crippen LogP contribution in [-0.2, 0) is 11.8 Å². The van der Waals surface area contributed by atoms with Crippen LogP contribution in [0, 0.1) is 0 Å². The number of para-hydroxylation sites is 1. The summed E-state index contributed by atoms with van der Waals surface area (Å²) in [7, 11) is 2.97. The lowest BCUT2D eigenvalue weighted by Gasteiger charge is -2.11. The smallest absolute Gasteiger partial charge is 0.337 e. The van der Waals surface area contributed by atoms with E-state index in [0.717, 1.165) is 0 Å². The molecule has 0 aliphatic heterocycles. The number of hydrogen-bond acceptors (Lipinski definition) is 4. The number of pyridine rings is 1. The summed E-state index contributed by atoms with van der Waals surface area (Å²) < 4.78 is 6.13. The van der Waals surface area contributed by atoms with Crippen molar-refractivity contribution in [3.63, 3.8) is 0 Å². The molecular weight excluding hydrogens is 320 g/mol. The Hall–Kier alpha value is -3.41. The summed E-state index contributed by atoms with van der Waals surface area (Å²) in [4.78, 5) is 36.1. The minimum Gasteiger partial charge on any atom is -0.465 e. The number of aryl methyl sites for hydroxylation is 1. The van der Waals surface area contributed by atoms with E-state index in [1.165, 1.54) is 17.7 Å². The molecule has 1 heterocycles.